The Labute approximate surface area is 130 Å². The van der Waals surface area contributed by atoms with Crippen molar-refractivity contribution in [1.29, 1.82) is 0 Å². The molecule has 2 aromatic rings. The zero-order valence-corrected chi connectivity index (χ0v) is 11.8. The lowest BCUT2D eigenvalue weighted by Gasteiger charge is -2.01. The van der Waals surface area contributed by atoms with Crippen LogP contribution in [0.15, 0.2) is 48.5 Å². The van der Waals surface area contributed by atoms with Crippen LogP contribution in [0.1, 0.15) is 42.7 Å². The van der Waals surface area contributed by atoms with E-state index in [2.05, 4.69) is 0 Å². The van der Waals surface area contributed by atoms with Crippen molar-refractivity contribution in [2.24, 2.45) is 0 Å². The number of carboxylic acid groups (broad SMARTS) is 2. The Morgan fingerprint density at radius 3 is 2.04 bits per heavy atom. The van der Waals surface area contributed by atoms with Crippen molar-refractivity contribution in [3.05, 3.63) is 70.8 Å². The average molecular weight is 312 g/mol. The summed E-state index contributed by atoms with van der Waals surface area (Å²) in [7, 11) is 0. The number of hydrogen-bond donors (Lipinski definition) is 2. The van der Waals surface area contributed by atoms with E-state index in [0.29, 0.717) is 5.56 Å². The Balaban J connectivity index is 1.79. The molecule has 0 spiro atoms. The normalized spacial score (nSPS) is 19.1. The molecule has 2 aromatic carbocycles. The Bertz CT molecular complexity index is 810. The molecule has 6 heteroatoms. The molecule has 0 bridgehead atoms. The van der Waals surface area contributed by atoms with E-state index in [1.807, 2.05) is 0 Å². The van der Waals surface area contributed by atoms with E-state index < -0.39 is 24.1 Å². The van der Waals surface area contributed by atoms with Gasteiger partial charge in [-0.15, -0.1) is 0 Å². The number of carboxylic acids is 2. The lowest BCUT2D eigenvalue weighted by atomic mass is 10.00. The molecular weight excluding hydrogens is 300 g/mol. The number of ketones is 1. The minimum atomic E-state index is -1.11. The molecule has 0 saturated carbocycles. The number of benzene rings is 2. The lowest BCUT2D eigenvalue weighted by molar-refractivity contribution is 0.0686. The van der Waals surface area contributed by atoms with Crippen LogP contribution in [0.4, 0.5) is 0 Å². The van der Waals surface area contributed by atoms with Gasteiger partial charge < -0.3 is 14.9 Å². The minimum absolute atomic E-state index is 0.0286. The molecule has 3 rings (SSSR count). The molecular formula is C17H12O6. The maximum absolute atomic E-state index is 12.4. The molecule has 1 unspecified atom stereocenters. The zero-order chi connectivity index (χ0) is 16.6. The molecule has 0 amide bonds. The summed E-state index contributed by atoms with van der Waals surface area (Å²) in [5, 5.41) is 17.9. The summed E-state index contributed by atoms with van der Waals surface area (Å²) in [6, 6.07) is 11.9. The molecule has 1 aliphatic heterocycles. The summed E-state index contributed by atoms with van der Waals surface area (Å²) >= 11 is 0. The van der Waals surface area contributed by atoms with Gasteiger partial charge in [0.2, 0.25) is 0 Å². The first-order valence-electron chi connectivity index (χ1n) is 6.83. The third-order valence-electron chi connectivity index (χ3n) is 3.61. The van der Waals surface area contributed by atoms with Crippen LogP contribution < -0.4 is 0 Å². The summed E-state index contributed by atoms with van der Waals surface area (Å²) in [4.78, 5) is 34.3. The highest BCUT2D eigenvalue weighted by Gasteiger charge is 2.46. The van der Waals surface area contributed by atoms with Crippen molar-refractivity contribution in [2.45, 2.75) is 12.2 Å². The van der Waals surface area contributed by atoms with Crippen LogP contribution in [0.2, 0.25) is 0 Å². The summed E-state index contributed by atoms with van der Waals surface area (Å²) in [6.45, 7) is 0. The van der Waals surface area contributed by atoms with Gasteiger partial charge in [-0.25, -0.2) is 9.59 Å². The van der Waals surface area contributed by atoms with Gasteiger partial charge >= 0.3 is 11.9 Å². The van der Waals surface area contributed by atoms with Crippen molar-refractivity contribution < 1.29 is 29.3 Å². The first-order chi connectivity index (χ1) is 11.0. The van der Waals surface area contributed by atoms with E-state index in [1.165, 1.54) is 36.4 Å². The van der Waals surface area contributed by atoms with Crippen LogP contribution in [-0.2, 0) is 4.74 Å². The summed E-state index contributed by atoms with van der Waals surface area (Å²) in [5.74, 6) is -2.48. The number of aromatic carboxylic acids is 2. The van der Waals surface area contributed by atoms with E-state index in [0.717, 1.165) is 0 Å². The maximum atomic E-state index is 12.4. The van der Waals surface area contributed by atoms with Crippen LogP contribution in [-0.4, -0.2) is 34.0 Å². The number of carbonyl (C=O) groups excluding carboxylic acids is 1. The molecule has 1 heterocycles. The molecule has 23 heavy (non-hydrogen) atoms. The molecule has 1 aliphatic rings. The zero-order valence-electron chi connectivity index (χ0n) is 11.8. The SMILES string of the molecule is O=C(O)c1cccc(C(=O)C2O[C@@H]2c2cccc(C(=O)O)c2)c1. The molecule has 1 saturated heterocycles. The third kappa shape index (κ3) is 2.97. The van der Waals surface area contributed by atoms with Crippen molar-refractivity contribution in [2.75, 3.05) is 0 Å². The Morgan fingerprint density at radius 2 is 1.39 bits per heavy atom. The van der Waals surface area contributed by atoms with Gasteiger partial charge in [0.25, 0.3) is 0 Å². The summed E-state index contributed by atoms with van der Waals surface area (Å²) in [6.07, 6.45) is -1.22. The smallest absolute Gasteiger partial charge is 0.335 e. The maximum Gasteiger partial charge on any atom is 0.335 e. The van der Waals surface area contributed by atoms with Gasteiger partial charge in [-0.2, -0.15) is 0 Å². The lowest BCUT2D eigenvalue weighted by Crippen LogP contribution is -2.10. The summed E-state index contributed by atoms with van der Waals surface area (Å²) < 4.78 is 5.36. The number of epoxide rings is 1. The minimum Gasteiger partial charge on any atom is -0.478 e. The Hall–Kier alpha value is -2.99. The van der Waals surface area contributed by atoms with Gasteiger partial charge in [-0.05, 0) is 29.8 Å². The number of hydrogen-bond acceptors (Lipinski definition) is 4. The van der Waals surface area contributed by atoms with Crippen LogP contribution in [0.5, 0.6) is 0 Å². The second-order valence-corrected chi connectivity index (χ2v) is 5.16. The molecule has 2 atom stereocenters. The van der Waals surface area contributed by atoms with Gasteiger partial charge in [-0.1, -0.05) is 24.3 Å². The van der Waals surface area contributed by atoms with Crippen LogP contribution in [0.3, 0.4) is 0 Å². The second kappa shape index (κ2) is 5.66. The van der Waals surface area contributed by atoms with Gasteiger partial charge in [-0.3, -0.25) is 4.79 Å². The molecule has 0 aliphatic carbocycles. The average Bonchev–Trinajstić information content (AvgIpc) is 3.35. The van der Waals surface area contributed by atoms with E-state index in [1.54, 1.807) is 12.1 Å². The highest BCUT2D eigenvalue weighted by Crippen LogP contribution is 2.40. The standard InChI is InChI=1S/C17H12O6/c18-13(9-3-1-5-11(7-9)16(19)20)15-14(23-15)10-4-2-6-12(8-10)17(21)22/h1-8,14-15H,(H,19,20)(H,21,22)/t14-,15?/m1/s1. The molecule has 1 fully saturated rings. The van der Waals surface area contributed by atoms with E-state index >= 15 is 0 Å². The Kier molecular flexibility index (Phi) is 3.67. The highest BCUT2D eigenvalue weighted by atomic mass is 16.6. The Morgan fingerprint density at radius 1 is 0.826 bits per heavy atom. The first kappa shape index (κ1) is 14.9. The number of carbonyl (C=O) groups is 3. The molecule has 116 valence electrons. The van der Waals surface area contributed by atoms with Gasteiger partial charge in [0.1, 0.15) is 6.10 Å². The first-order valence-corrected chi connectivity index (χ1v) is 6.83. The summed E-state index contributed by atoms with van der Waals surface area (Å²) in [5.41, 5.74) is 1.02. The van der Waals surface area contributed by atoms with E-state index in [4.69, 9.17) is 14.9 Å². The fraction of sp³-hybridized carbons (Fsp3) is 0.118. The molecule has 2 N–H and O–H groups in total. The van der Waals surface area contributed by atoms with Crippen LogP contribution in [0, 0.1) is 0 Å². The van der Waals surface area contributed by atoms with Crippen molar-refractivity contribution >= 4 is 17.7 Å². The van der Waals surface area contributed by atoms with Crippen LogP contribution >= 0.6 is 0 Å². The largest absolute Gasteiger partial charge is 0.478 e. The van der Waals surface area contributed by atoms with Crippen molar-refractivity contribution in [1.82, 2.24) is 0 Å². The van der Waals surface area contributed by atoms with Crippen molar-refractivity contribution in [3.8, 4) is 0 Å². The van der Waals surface area contributed by atoms with Gasteiger partial charge in [0.15, 0.2) is 11.9 Å². The number of rotatable bonds is 5. The van der Waals surface area contributed by atoms with Gasteiger partial charge in [0, 0.05) is 5.56 Å². The number of ether oxygens (including phenoxy) is 1. The quantitative estimate of drug-likeness (QED) is 0.649. The highest BCUT2D eigenvalue weighted by molar-refractivity contribution is 6.03. The topological polar surface area (TPSA) is 104 Å². The molecule has 6 nitrogen and oxygen atoms in total. The predicted octanol–water partition coefficient (Wildman–Crippen LogP) is 2.41. The van der Waals surface area contributed by atoms with E-state index in [9.17, 15) is 14.4 Å². The van der Waals surface area contributed by atoms with Gasteiger partial charge in [0.05, 0.1) is 11.1 Å². The van der Waals surface area contributed by atoms with E-state index in [-0.39, 0.29) is 22.5 Å². The fourth-order valence-corrected chi connectivity index (χ4v) is 2.38. The third-order valence-corrected chi connectivity index (χ3v) is 3.61. The van der Waals surface area contributed by atoms with Crippen molar-refractivity contribution in [3.63, 3.8) is 0 Å². The molecule has 0 radical (unpaired) electrons. The number of Topliss-reactive ketones (excluding diaryl/α,β-unsaturated/α-hetero) is 1. The van der Waals surface area contributed by atoms with Crippen LogP contribution in [0.25, 0.3) is 0 Å². The second-order valence-electron chi connectivity index (χ2n) is 5.16. The monoisotopic (exact) mass is 312 g/mol. The fourth-order valence-electron chi connectivity index (χ4n) is 2.38. The predicted molar refractivity (Wildman–Crippen MR) is 78.7 cm³/mol. The molecule has 0 aromatic heterocycles.